The molecule has 25 heavy (non-hydrogen) atoms. The van der Waals surface area contributed by atoms with E-state index >= 15 is 0 Å². The number of methoxy groups -OCH3 is 1. The van der Waals surface area contributed by atoms with Crippen molar-refractivity contribution < 1.29 is 18.8 Å². The highest BCUT2D eigenvalue weighted by Crippen LogP contribution is 2.38. The van der Waals surface area contributed by atoms with Crippen molar-refractivity contribution in [2.45, 2.75) is 38.4 Å². The smallest absolute Gasteiger partial charge is 0.341 e. The monoisotopic (exact) mass is 381 g/mol. The molecule has 2 aromatic rings. The van der Waals surface area contributed by atoms with Crippen LogP contribution >= 0.6 is 23.1 Å². The molecule has 3 rings (SSSR count). The highest BCUT2D eigenvalue weighted by Gasteiger charge is 2.26. The van der Waals surface area contributed by atoms with Crippen LogP contribution in [0.25, 0.3) is 0 Å². The lowest BCUT2D eigenvalue weighted by Crippen LogP contribution is -2.16. The molecule has 2 heterocycles. The van der Waals surface area contributed by atoms with Crippen LogP contribution in [0.15, 0.2) is 4.52 Å². The van der Waals surface area contributed by atoms with Gasteiger partial charge in [0.25, 0.3) is 0 Å². The van der Waals surface area contributed by atoms with Gasteiger partial charge in [0.15, 0.2) is 5.82 Å². The number of hydrogen-bond donors (Lipinski definition) is 1. The molecule has 0 unspecified atom stereocenters. The molecule has 0 aromatic carbocycles. The van der Waals surface area contributed by atoms with Gasteiger partial charge in [0, 0.05) is 11.8 Å². The maximum atomic E-state index is 12.2. The highest BCUT2D eigenvalue weighted by atomic mass is 32.2. The third-order valence-corrected chi connectivity index (χ3v) is 5.98. The van der Waals surface area contributed by atoms with Crippen molar-refractivity contribution in [1.29, 1.82) is 0 Å². The van der Waals surface area contributed by atoms with E-state index in [2.05, 4.69) is 15.5 Å². The first-order chi connectivity index (χ1) is 12.1. The Morgan fingerprint density at radius 2 is 2.16 bits per heavy atom. The third-order valence-electron chi connectivity index (χ3n) is 3.85. The molecule has 0 spiro atoms. The van der Waals surface area contributed by atoms with Crippen LogP contribution in [0.1, 0.15) is 45.4 Å². The van der Waals surface area contributed by atoms with E-state index in [-0.39, 0.29) is 17.6 Å². The molecule has 1 amide bonds. The van der Waals surface area contributed by atoms with Crippen LogP contribution in [0.4, 0.5) is 5.00 Å². The van der Waals surface area contributed by atoms with Gasteiger partial charge >= 0.3 is 5.97 Å². The number of fused-ring (bicyclic) bond motifs is 1. The molecule has 9 heteroatoms. The minimum atomic E-state index is -0.385. The van der Waals surface area contributed by atoms with Gasteiger partial charge in [-0.3, -0.25) is 4.79 Å². The molecular weight excluding hydrogens is 362 g/mol. The zero-order valence-electron chi connectivity index (χ0n) is 14.1. The summed E-state index contributed by atoms with van der Waals surface area (Å²) in [6, 6.07) is 0. The molecule has 7 nitrogen and oxygen atoms in total. The van der Waals surface area contributed by atoms with Gasteiger partial charge in [0.1, 0.15) is 5.00 Å². The molecule has 0 bridgehead atoms. The van der Waals surface area contributed by atoms with Gasteiger partial charge in [-0.15, -0.1) is 23.1 Å². The van der Waals surface area contributed by atoms with Crippen LogP contribution in [-0.2, 0) is 28.1 Å². The number of esters is 1. The number of ether oxygens (including phenoxy) is 1. The van der Waals surface area contributed by atoms with Crippen molar-refractivity contribution in [3.8, 4) is 0 Å². The summed E-state index contributed by atoms with van der Waals surface area (Å²) in [6.07, 6.45) is 3.98. The van der Waals surface area contributed by atoms with E-state index < -0.39 is 0 Å². The molecule has 1 aliphatic carbocycles. The van der Waals surface area contributed by atoms with Crippen LogP contribution < -0.4 is 5.32 Å². The topological polar surface area (TPSA) is 94.3 Å². The Morgan fingerprint density at radius 1 is 1.36 bits per heavy atom. The van der Waals surface area contributed by atoms with Crippen LogP contribution in [0.2, 0.25) is 0 Å². The fourth-order valence-corrected chi connectivity index (χ4v) is 4.72. The lowest BCUT2D eigenvalue weighted by Gasteiger charge is -2.11. The Bertz CT molecular complexity index is 784. The highest BCUT2D eigenvalue weighted by molar-refractivity contribution is 7.99. The molecule has 1 N–H and O–H groups in total. The van der Waals surface area contributed by atoms with E-state index in [1.165, 1.54) is 35.1 Å². The SMILES string of the molecule is COC(=O)c1c(NC(=O)CSCc2noc(C)n2)sc2c1CCCC2. The number of carbonyl (C=O) groups excluding carboxylic acids is 2. The molecule has 0 radical (unpaired) electrons. The number of amides is 1. The van der Waals surface area contributed by atoms with Crippen LogP contribution in [0.5, 0.6) is 0 Å². The molecule has 0 saturated heterocycles. The first kappa shape index (κ1) is 17.9. The van der Waals surface area contributed by atoms with Gasteiger partial charge in [-0.1, -0.05) is 5.16 Å². The van der Waals surface area contributed by atoms with Crippen LogP contribution in [0, 0.1) is 6.92 Å². The number of rotatable bonds is 6. The van der Waals surface area contributed by atoms with Crippen molar-refractivity contribution in [3.05, 3.63) is 27.7 Å². The summed E-state index contributed by atoms with van der Waals surface area (Å²) in [5, 5.41) is 7.26. The maximum Gasteiger partial charge on any atom is 0.341 e. The van der Waals surface area contributed by atoms with Crippen molar-refractivity contribution in [2.24, 2.45) is 0 Å². The van der Waals surface area contributed by atoms with E-state index in [0.717, 1.165) is 31.2 Å². The first-order valence-electron chi connectivity index (χ1n) is 7.98. The lowest BCUT2D eigenvalue weighted by atomic mass is 9.95. The zero-order valence-corrected chi connectivity index (χ0v) is 15.7. The summed E-state index contributed by atoms with van der Waals surface area (Å²) in [5.41, 5.74) is 1.56. The van der Waals surface area contributed by atoms with E-state index in [1.807, 2.05) is 0 Å². The predicted octanol–water partition coefficient (Wildman–Crippen LogP) is 2.98. The van der Waals surface area contributed by atoms with Crippen LogP contribution in [-0.4, -0.2) is 34.9 Å². The number of thiophene rings is 1. The van der Waals surface area contributed by atoms with Gasteiger partial charge < -0.3 is 14.6 Å². The van der Waals surface area contributed by atoms with Crippen molar-refractivity contribution in [2.75, 3.05) is 18.2 Å². The fraction of sp³-hybridized carbons (Fsp3) is 0.500. The summed E-state index contributed by atoms with van der Waals surface area (Å²) < 4.78 is 9.80. The number of hydrogen-bond acceptors (Lipinski definition) is 8. The lowest BCUT2D eigenvalue weighted by molar-refractivity contribution is -0.113. The van der Waals surface area contributed by atoms with Gasteiger partial charge in [-0.25, -0.2) is 4.79 Å². The molecule has 1 aliphatic rings. The second-order valence-electron chi connectivity index (χ2n) is 5.68. The van der Waals surface area contributed by atoms with Crippen molar-refractivity contribution >= 4 is 40.0 Å². The van der Waals surface area contributed by atoms with Gasteiger partial charge in [-0.2, -0.15) is 4.98 Å². The summed E-state index contributed by atoms with van der Waals surface area (Å²) >= 11 is 2.88. The first-order valence-corrected chi connectivity index (χ1v) is 9.95. The van der Waals surface area contributed by atoms with E-state index in [0.29, 0.717) is 28.0 Å². The standard InChI is InChI=1S/C16H19N3O4S2/c1-9-17-12(19-23-9)7-24-8-13(20)18-15-14(16(21)22-2)10-5-3-4-6-11(10)25-15/h3-8H2,1-2H3,(H,18,20). The number of anilines is 1. The number of thioether (sulfide) groups is 1. The second-order valence-corrected chi connectivity index (χ2v) is 7.77. The number of nitrogens with one attached hydrogen (secondary N) is 1. The third kappa shape index (κ3) is 4.21. The Balaban J connectivity index is 1.64. The maximum absolute atomic E-state index is 12.2. The number of aryl methyl sites for hydroxylation is 2. The quantitative estimate of drug-likeness (QED) is 0.769. The number of carbonyl (C=O) groups is 2. The van der Waals surface area contributed by atoms with Crippen LogP contribution in [0.3, 0.4) is 0 Å². The molecule has 0 fully saturated rings. The normalized spacial score (nSPS) is 13.4. The molecule has 0 atom stereocenters. The average Bonchev–Trinajstić information content (AvgIpc) is 3.17. The molecule has 134 valence electrons. The van der Waals surface area contributed by atoms with Gasteiger partial charge in [0.05, 0.1) is 24.2 Å². The van der Waals surface area contributed by atoms with Gasteiger partial charge in [-0.05, 0) is 31.2 Å². The molecular formula is C16H19N3O4S2. The number of nitrogens with zero attached hydrogens (tertiary/aromatic N) is 2. The largest absolute Gasteiger partial charge is 0.465 e. The predicted molar refractivity (Wildman–Crippen MR) is 96.1 cm³/mol. The molecule has 0 aliphatic heterocycles. The van der Waals surface area contributed by atoms with E-state index in [9.17, 15) is 9.59 Å². The Hall–Kier alpha value is -1.87. The van der Waals surface area contributed by atoms with E-state index in [4.69, 9.17) is 9.26 Å². The Morgan fingerprint density at radius 3 is 2.88 bits per heavy atom. The average molecular weight is 381 g/mol. The summed E-state index contributed by atoms with van der Waals surface area (Å²) in [6.45, 7) is 1.72. The molecule has 0 saturated carbocycles. The summed E-state index contributed by atoms with van der Waals surface area (Å²) in [7, 11) is 1.36. The van der Waals surface area contributed by atoms with E-state index in [1.54, 1.807) is 6.92 Å². The minimum Gasteiger partial charge on any atom is -0.465 e. The van der Waals surface area contributed by atoms with Gasteiger partial charge in [0.2, 0.25) is 11.8 Å². The van der Waals surface area contributed by atoms with Crippen molar-refractivity contribution in [1.82, 2.24) is 10.1 Å². The second kappa shape index (κ2) is 8.01. The fourth-order valence-electron chi connectivity index (χ4n) is 2.77. The molecule has 2 aromatic heterocycles. The van der Waals surface area contributed by atoms with Crippen molar-refractivity contribution in [3.63, 3.8) is 0 Å². The zero-order chi connectivity index (χ0) is 17.8. The minimum absolute atomic E-state index is 0.158. The number of aromatic nitrogens is 2. The Labute approximate surface area is 153 Å². The summed E-state index contributed by atoms with van der Waals surface area (Å²) in [5.74, 6) is 1.27. The summed E-state index contributed by atoms with van der Waals surface area (Å²) in [4.78, 5) is 29.7. The Kier molecular flexibility index (Phi) is 5.74.